The van der Waals surface area contributed by atoms with Crippen molar-refractivity contribution in [2.24, 2.45) is 0 Å². The predicted octanol–water partition coefficient (Wildman–Crippen LogP) is 1.69. The van der Waals surface area contributed by atoms with Crippen LogP contribution < -0.4 is 0 Å². The topological polar surface area (TPSA) is 68.2 Å². The highest BCUT2D eigenvalue weighted by molar-refractivity contribution is 5.91. The highest BCUT2D eigenvalue weighted by atomic mass is 16.5. The van der Waals surface area contributed by atoms with Gasteiger partial charge < -0.3 is 9.64 Å². The molecular formula is C16H18N4O2. The van der Waals surface area contributed by atoms with Gasteiger partial charge in [0.2, 0.25) is 0 Å². The number of rotatable bonds is 5. The molecule has 1 unspecified atom stereocenters. The molecule has 22 heavy (non-hydrogen) atoms. The monoisotopic (exact) mass is 298 g/mol. The average molecular weight is 298 g/mol. The second-order valence-corrected chi connectivity index (χ2v) is 5.23. The summed E-state index contributed by atoms with van der Waals surface area (Å²) in [6.45, 7) is 1.75. The Morgan fingerprint density at radius 2 is 2.23 bits per heavy atom. The number of carbonyl (C=O) groups excluding carboxylic acids is 1. The zero-order valence-electron chi connectivity index (χ0n) is 12.3. The van der Waals surface area contributed by atoms with Crippen LogP contribution in [0, 0.1) is 0 Å². The van der Waals surface area contributed by atoms with Gasteiger partial charge in [-0.15, -0.1) is 0 Å². The van der Waals surface area contributed by atoms with Crippen molar-refractivity contribution in [3.63, 3.8) is 0 Å². The van der Waals surface area contributed by atoms with Crippen LogP contribution in [-0.4, -0.2) is 45.0 Å². The number of ether oxygens (including phenoxy) is 1. The zero-order chi connectivity index (χ0) is 15.2. The van der Waals surface area contributed by atoms with Crippen molar-refractivity contribution < 1.29 is 9.53 Å². The third kappa shape index (κ3) is 3.65. The fourth-order valence-corrected chi connectivity index (χ4v) is 2.51. The molecule has 0 saturated carbocycles. The van der Waals surface area contributed by atoms with E-state index in [1.807, 2.05) is 18.2 Å². The van der Waals surface area contributed by atoms with Gasteiger partial charge in [-0.2, -0.15) is 0 Å². The maximum atomic E-state index is 12.7. The van der Waals surface area contributed by atoms with Crippen LogP contribution in [0.2, 0.25) is 0 Å². The third-order valence-electron chi connectivity index (χ3n) is 3.60. The molecule has 1 saturated heterocycles. The standard InChI is InChI=1S/C16H18N4O2/c21-16(15-10-17-7-8-19-15)20(12-14-5-3-9-22-14)11-13-4-1-2-6-18-13/h1-2,4,6-8,10,14H,3,5,9,11-12H2. The minimum atomic E-state index is -0.144. The molecular weight excluding hydrogens is 280 g/mol. The van der Waals surface area contributed by atoms with Crippen LogP contribution in [0.4, 0.5) is 0 Å². The van der Waals surface area contributed by atoms with Crippen LogP contribution >= 0.6 is 0 Å². The molecule has 0 spiro atoms. The summed E-state index contributed by atoms with van der Waals surface area (Å²) in [5.41, 5.74) is 1.19. The summed E-state index contributed by atoms with van der Waals surface area (Å²) in [5.74, 6) is -0.144. The summed E-state index contributed by atoms with van der Waals surface area (Å²) >= 11 is 0. The molecule has 6 heteroatoms. The van der Waals surface area contributed by atoms with Gasteiger partial charge in [-0.25, -0.2) is 4.98 Å². The van der Waals surface area contributed by atoms with Crippen LogP contribution in [0.15, 0.2) is 43.0 Å². The lowest BCUT2D eigenvalue weighted by molar-refractivity contribution is 0.0499. The fourth-order valence-electron chi connectivity index (χ4n) is 2.51. The molecule has 0 radical (unpaired) electrons. The Bertz CT molecular complexity index is 600. The van der Waals surface area contributed by atoms with Gasteiger partial charge in [0, 0.05) is 31.7 Å². The maximum absolute atomic E-state index is 12.7. The Morgan fingerprint density at radius 1 is 1.27 bits per heavy atom. The number of aromatic nitrogens is 3. The van der Waals surface area contributed by atoms with Crippen molar-refractivity contribution in [2.45, 2.75) is 25.5 Å². The third-order valence-corrected chi connectivity index (χ3v) is 3.60. The van der Waals surface area contributed by atoms with Crippen LogP contribution in [0.3, 0.4) is 0 Å². The van der Waals surface area contributed by atoms with Gasteiger partial charge in [-0.05, 0) is 25.0 Å². The molecule has 0 aliphatic carbocycles. The first-order chi connectivity index (χ1) is 10.8. The van der Waals surface area contributed by atoms with Crippen molar-refractivity contribution in [1.82, 2.24) is 19.9 Å². The Kier molecular flexibility index (Phi) is 4.70. The molecule has 1 aliphatic heterocycles. The number of nitrogens with zero attached hydrogens (tertiary/aromatic N) is 4. The summed E-state index contributed by atoms with van der Waals surface area (Å²) < 4.78 is 5.66. The van der Waals surface area contributed by atoms with Crippen molar-refractivity contribution in [3.8, 4) is 0 Å². The molecule has 0 bridgehead atoms. The zero-order valence-corrected chi connectivity index (χ0v) is 12.3. The Balaban J connectivity index is 1.77. The lowest BCUT2D eigenvalue weighted by Crippen LogP contribution is -2.37. The van der Waals surface area contributed by atoms with E-state index in [-0.39, 0.29) is 12.0 Å². The Labute approximate surface area is 129 Å². The molecule has 3 rings (SSSR count). The number of hydrogen-bond acceptors (Lipinski definition) is 5. The van der Waals surface area contributed by atoms with Gasteiger partial charge >= 0.3 is 0 Å². The van der Waals surface area contributed by atoms with Crippen LogP contribution in [-0.2, 0) is 11.3 Å². The fraction of sp³-hybridized carbons (Fsp3) is 0.375. The van der Waals surface area contributed by atoms with Crippen molar-refractivity contribution in [1.29, 1.82) is 0 Å². The highest BCUT2D eigenvalue weighted by Crippen LogP contribution is 2.16. The molecule has 2 aromatic rings. The first-order valence-corrected chi connectivity index (χ1v) is 7.40. The number of amides is 1. The van der Waals surface area contributed by atoms with Gasteiger partial charge in [-0.1, -0.05) is 6.07 Å². The van der Waals surface area contributed by atoms with E-state index in [1.54, 1.807) is 17.3 Å². The molecule has 1 aliphatic rings. The maximum Gasteiger partial charge on any atom is 0.274 e. The smallest absolute Gasteiger partial charge is 0.274 e. The van der Waals surface area contributed by atoms with E-state index < -0.39 is 0 Å². The lowest BCUT2D eigenvalue weighted by atomic mass is 10.2. The normalized spacial score (nSPS) is 17.4. The molecule has 1 atom stereocenters. The summed E-state index contributed by atoms with van der Waals surface area (Å²) in [5, 5.41) is 0. The summed E-state index contributed by atoms with van der Waals surface area (Å²) in [7, 11) is 0. The van der Waals surface area contributed by atoms with Gasteiger partial charge in [0.1, 0.15) is 5.69 Å². The van der Waals surface area contributed by atoms with Crippen molar-refractivity contribution in [3.05, 3.63) is 54.4 Å². The summed E-state index contributed by atoms with van der Waals surface area (Å²) in [6.07, 6.45) is 8.41. The molecule has 2 aromatic heterocycles. The molecule has 1 amide bonds. The summed E-state index contributed by atoms with van der Waals surface area (Å²) in [6, 6.07) is 5.68. The van der Waals surface area contributed by atoms with E-state index in [0.29, 0.717) is 18.8 Å². The molecule has 3 heterocycles. The second kappa shape index (κ2) is 7.09. The van der Waals surface area contributed by atoms with Gasteiger partial charge in [0.25, 0.3) is 5.91 Å². The predicted molar refractivity (Wildman–Crippen MR) is 80.0 cm³/mol. The highest BCUT2D eigenvalue weighted by Gasteiger charge is 2.24. The average Bonchev–Trinajstić information content (AvgIpc) is 3.08. The second-order valence-electron chi connectivity index (χ2n) is 5.23. The largest absolute Gasteiger partial charge is 0.376 e. The van der Waals surface area contributed by atoms with Gasteiger partial charge in [-0.3, -0.25) is 14.8 Å². The van der Waals surface area contributed by atoms with E-state index in [4.69, 9.17) is 4.74 Å². The number of carbonyl (C=O) groups is 1. The quantitative estimate of drug-likeness (QED) is 0.840. The van der Waals surface area contributed by atoms with Crippen LogP contribution in [0.5, 0.6) is 0 Å². The number of hydrogen-bond donors (Lipinski definition) is 0. The van der Waals surface area contributed by atoms with E-state index in [9.17, 15) is 4.79 Å². The Morgan fingerprint density at radius 3 is 2.91 bits per heavy atom. The van der Waals surface area contributed by atoms with E-state index in [0.717, 1.165) is 25.1 Å². The lowest BCUT2D eigenvalue weighted by Gasteiger charge is -2.24. The molecule has 1 fully saturated rings. The Hall–Kier alpha value is -2.34. The van der Waals surface area contributed by atoms with Crippen molar-refractivity contribution >= 4 is 5.91 Å². The first-order valence-electron chi connectivity index (χ1n) is 7.40. The minimum Gasteiger partial charge on any atom is -0.376 e. The first kappa shape index (κ1) is 14.6. The van der Waals surface area contributed by atoms with Crippen LogP contribution in [0.1, 0.15) is 29.0 Å². The number of pyridine rings is 1. The van der Waals surface area contributed by atoms with Gasteiger partial charge in [0.15, 0.2) is 0 Å². The SMILES string of the molecule is O=C(c1cnccn1)N(Cc1ccccn1)CC1CCCO1. The van der Waals surface area contributed by atoms with Gasteiger partial charge in [0.05, 0.1) is 24.5 Å². The van der Waals surface area contributed by atoms with E-state index in [1.165, 1.54) is 12.4 Å². The van der Waals surface area contributed by atoms with Crippen molar-refractivity contribution in [2.75, 3.05) is 13.2 Å². The van der Waals surface area contributed by atoms with E-state index in [2.05, 4.69) is 15.0 Å². The summed E-state index contributed by atoms with van der Waals surface area (Å²) in [4.78, 5) is 26.8. The molecule has 0 N–H and O–H groups in total. The molecule has 6 nitrogen and oxygen atoms in total. The molecule has 0 aromatic carbocycles. The van der Waals surface area contributed by atoms with E-state index >= 15 is 0 Å². The van der Waals surface area contributed by atoms with Crippen LogP contribution in [0.25, 0.3) is 0 Å². The molecule has 114 valence electrons. The minimum absolute atomic E-state index is 0.0873.